The van der Waals surface area contributed by atoms with Gasteiger partial charge in [-0.3, -0.25) is 0 Å². The third kappa shape index (κ3) is 3.80. The summed E-state index contributed by atoms with van der Waals surface area (Å²) in [6, 6.07) is 8.45. The van der Waals surface area contributed by atoms with E-state index in [2.05, 4.69) is 55.0 Å². The van der Waals surface area contributed by atoms with Crippen LogP contribution in [0, 0.1) is 0 Å². The van der Waals surface area contributed by atoms with E-state index in [1.165, 1.54) is 24.8 Å². The fourth-order valence-electron chi connectivity index (χ4n) is 2.99. The highest BCUT2D eigenvalue weighted by atomic mass is 79.9. The Hall–Kier alpha value is -0.850. The number of ether oxygens (including phenoxy) is 1. The summed E-state index contributed by atoms with van der Waals surface area (Å²) in [5, 5.41) is 9.97. The molecule has 1 unspecified atom stereocenters. The van der Waals surface area contributed by atoms with Gasteiger partial charge in [-0.25, -0.2) is 0 Å². The second kappa shape index (κ2) is 6.95. The van der Waals surface area contributed by atoms with E-state index < -0.39 is 0 Å². The number of aromatic nitrogens is 3. The van der Waals surface area contributed by atoms with Crippen molar-refractivity contribution in [2.24, 2.45) is 0 Å². The zero-order valence-corrected chi connectivity index (χ0v) is 15.4. The first kappa shape index (κ1) is 15.7. The summed E-state index contributed by atoms with van der Waals surface area (Å²) in [4.78, 5) is 0. The highest BCUT2D eigenvalue weighted by molar-refractivity contribution is 9.10. The molecule has 2 aromatic rings. The van der Waals surface area contributed by atoms with Crippen molar-refractivity contribution in [1.29, 1.82) is 0 Å². The smallest absolute Gasteiger partial charge is 0.191 e. The highest BCUT2D eigenvalue weighted by Crippen LogP contribution is 2.40. The van der Waals surface area contributed by atoms with Gasteiger partial charge in [0.25, 0.3) is 0 Å². The van der Waals surface area contributed by atoms with Crippen molar-refractivity contribution in [3.05, 3.63) is 40.1 Å². The quantitative estimate of drug-likeness (QED) is 0.682. The lowest BCUT2D eigenvalue weighted by Crippen LogP contribution is -2.17. The molecule has 0 amide bonds. The van der Waals surface area contributed by atoms with E-state index in [1.54, 1.807) is 11.8 Å². The van der Waals surface area contributed by atoms with Crippen LogP contribution >= 0.6 is 27.7 Å². The summed E-state index contributed by atoms with van der Waals surface area (Å²) < 4.78 is 9.26. The van der Waals surface area contributed by atoms with Crippen LogP contribution in [0.15, 0.2) is 33.9 Å². The normalized spacial score (nSPS) is 21.0. The molecular weight excluding hydrogens is 374 g/mol. The fraction of sp³-hybridized carbons (Fsp3) is 0.529. The summed E-state index contributed by atoms with van der Waals surface area (Å²) in [6.45, 7) is 1.80. The topological polar surface area (TPSA) is 39.9 Å². The number of rotatable bonds is 6. The molecule has 2 heterocycles. The zero-order chi connectivity index (χ0) is 15.6. The molecule has 0 radical (unpaired) electrons. The Morgan fingerprint density at radius 1 is 1.26 bits per heavy atom. The largest absolute Gasteiger partial charge is 0.376 e. The number of halogens is 1. The van der Waals surface area contributed by atoms with Crippen LogP contribution in [-0.2, 0) is 17.0 Å². The zero-order valence-electron chi connectivity index (χ0n) is 12.9. The molecule has 4 rings (SSSR count). The summed E-state index contributed by atoms with van der Waals surface area (Å²) >= 11 is 5.30. The molecule has 122 valence electrons. The van der Waals surface area contributed by atoms with Gasteiger partial charge in [-0.2, -0.15) is 0 Å². The van der Waals surface area contributed by atoms with Gasteiger partial charge in [-0.1, -0.05) is 39.8 Å². The van der Waals surface area contributed by atoms with Crippen molar-refractivity contribution in [2.75, 3.05) is 6.61 Å². The molecule has 4 nitrogen and oxygen atoms in total. The second-order valence-corrected chi connectivity index (χ2v) is 8.14. The first-order valence-electron chi connectivity index (χ1n) is 8.21. The van der Waals surface area contributed by atoms with Gasteiger partial charge in [0.2, 0.25) is 0 Å². The summed E-state index contributed by atoms with van der Waals surface area (Å²) in [5.74, 6) is 2.69. The van der Waals surface area contributed by atoms with Crippen LogP contribution in [0.2, 0.25) is 0 Å². The van der Waals surface area contributed by atoms with Gasteiger partial charge in [0.1, 0.15) is 5.82 Å². The van der Waals surface area contributed by atoms with E-state index in [0.717, 1.165) is 40.8 Å². The second-order valence-electron chi connectivity index (χ2n) is 6.28. The Labute approximate surface area is 149 Å². The van der Waals surface area contributed by atoms with Gasteiger partial charge in [-0.05, 0) is 43.4 Å². The molecule has 6 heteroatoms. The maximum atomic E-state index is 5.82. The lowest BCUT2D eigenvalue weighted by molar-refractivity contribution is 0.0942. The molecule has 2 aliphatic rings. The number of nitrogens with zero attached hydrogens (tertiary/aromatic N) is 3. The maximum absolute atomic E-state index is 5.82. The molecule has 0 N–H and O–H groups in total. The van der Waals surface area contributed by atoms with Crippen LogP contribution in [-0.4, -0.2) is 27.5 Å². The third-order valence-electron chi connectivity index (χ3n) is 4.36. The summed E-state index contributed by atoms with van der Waals surface area (Å²) in [7, 11) is 0. The van der Waals surface area contributed by atoms with Gasteiger partial charge < -0.3 is 9.30 Å². The third-order valence-corrected chi connectivity index (χ3v) is 5.89. The van der Waals surface area contributed by atoms with Gasteiger partial charge in [0, 0.05) is 22.8 Å². The highest BCUT2D eigenvalue weighted by Gasteiger charge is 2.31. The minimum atomic E-state index is 0.328. The molecule has 1 saturated carbocycles. The number of thioether (sulfide) groups is 1. The fourth-order valence-corrected chi connectivity index (χ4v) is 4.33. The Morgan fingerprint density at radius 3 is 2.91 bits per heavy atom. The van der Waals surface area contributed by atoms with Crippen molar-refractivity contribution < 1.29 is 4.74 Å². The van der Waals surface area contributed by atoms with Gasteiger partial charge in [0.15, 0.2) is 5.16 Å². The molecule has 1 saturated heterocycles. The van der Waals surface area contributed by atoms with E-state index in [0.29, 0.717) is 12.0 Å². The molecule has 0 bridgehead atoms. The number of hydrogen-bond donors (Lipinski definition) is 0. The van der Waals surface area contributed by atoms with Gasteiger partial charge >= 0.3 is 0 Å². The Balaban J connectivity index is 1.50. The monoisotopic (exact) mass is 393 g/mol. The molecule has 1 atom stereocenters. The molecule has 1 aromatic heterocycles. The van der Waals surface area contributed by atoms with Crippen molar-refractivity contribution in [3.63, 3.8) is 0 Å². The average molecular weight is 394 g/mol. The van der Waals surface area contributed by atoms with E-state index in [9.17, 15) is 0 Å². The maximum Gasteiger partial charge on any atom is 0.191 e. The minimum absolute atomic E-state index is 0.328. The Bertz CT molecular complexity index is 680. The first-order chi connectivity index (χ1) is 11.3. The van der Waals surface area contributed by atoms with Crippen LogP contribution in [0.4, 0.5) is 0 Å². The average Bonchev–Trinajstić information content (AvgIpc) is 3.11. The molecule has 0 spiro atoms. The molecule has 1 aliphatic carbocycles. The predicted molar refractivity (Wildman–Crippen MR) is 94.7 cm³/mol. The minimum Gasteiger partial charge on any atom is -0.376 e. The van der Waals surface area contributed by atoms with Crippen LogP contribution in [0.5, 0.6) is 0 Å². The van der Waals surface area contributed by atoms with Crippen LogP contribution in [0.25, 0.3) is 0 Å². The van der Waals surface area contributed by atoms with Crippen molar-refractivity contribution in [3.8, 4) is 0 Å². The molecular formula is C17H20BrN3OS. The SMILES string of the molecule is Brc1cccc(CSc2nnc(C3CC3)n2CC2CCCO2)c1. The van der Waals surface area contributed by atoms with Crippen LogP contribution in [0.3, 0.4) is 0 Å². The number of benzene rings is 1. The predicted octanol–water partition coefficient (Wildman–Crippen LogP) is 4.39. The summed E-state index contributed by atoms with van der Waals surface area (Å²) in [6.07, 6.45) is 5.15. The summed E-state index contributed by atoms with van der Waals surface area (Å²) in [5.41, 5.74) is 1.30. The van der Waals surface area contributed by atoms with Crippen LogP contribution in [0.1, 0.15) is 43.0 Å². The van der Waals surface area contributed by atoms with E-state index in [4.69, 9.17) is 4.74 Å². The van der Waals surface area contributed by atoms with Crippen LogP contribution < -0.4 is 0 Å². The van der Waals surface area contributed by atoms with Crippen molar-refractivity contribution >= 4 is 27.7 Å². The van der Waals surface area contributed by atoms with Crippen molar-refractivity contribution in [2.45, 2.75) is 55.2 Å². The van der Waals surface area contributed by atoms with Gasteiger partial charge in [0.05, 0.1) is 12.6 Å². The number of hydrogen-bond acceptors (Lipinski definition) is 4. The van der Waals surface area contributed by atoms with E-state index in [1.807, 2.05) is 0 Å². The molecule has 1 aromatic carbocycles. The molecule has 23 heavy (non-hydrogen) atoms. The Kier molecular flexibility index (Phi) is 4.73. The Morgan fingerprint density at radius 2 is 2.17 bits per heavy atom. The molecule has 2 fully saturated rings. The van der Waals surface area contributed by atoms with Crippen molar-refractivity contribution in [1.82, 2.24) is 14.8 Å². The standard InChI is InChI=1S/C17H20BrN3OS/c18-14-4-1-3-12(9-14)11-23-17-20-19-16(13-6-7-13)21(17)10-15-5-2-8-22-15/h1,3-4,9,13,15H,2,5-8,10-11H2. The van der Waals surface area contributed by atoms with E-state index in [-0.39, 0.29) is 0 Å². The lowest BCUT2D eigenvalue weighted by atomic mass is 10.2. The lowest BCUT2D eigenvalue weighted by Gasteiger charge is -2.14. The molecule has 1 aliphatic heterocycles. The van der Waals surface area contributed by atoms with E-state index >= 15 is 0 Å². The first-order valence-corrected chi connectivity index (χ1v) is 9.99. The van der Waals surface area contributed by atoms with Gasteiger partial charge in [-0.15, -0.1) is 10.2 Å².